The smallest absolute Gasteiger partial charge is 0.261 e. The second-order valence-corrected chi connectivity index (χ2v) is 40.6. The second kappa shape index (κ2) is 60.3. The van der Waals surface area contributed by atoms with Crippen molar-refractivity contribution in [3.63, 3.8) is 0 Å². The van der Waals surface area contributed by atoms with Crippen LogP contribution in [0.25, 0.3) is 51.4 Å². The molecule has 1 atom stereocenters. The Labute approximate surface area is 750 Å². The third kappa shape index (κ3) is 34.9. The van der Waals surface area contributed by atoms with Crippen LogP contribution >= 0.6 is 45.3 Å². The fourth-order valence-corrected chi connectivity index (χ4v) is 21.9. The molecule has 1 aromatic carbocycles. The number of carbonyl (C=O) groups is 2. The first kappa shape index (κ1) is 100. The first-order valence-electron chi connectivity index (χ1n) is 50.1. The lowest BCUT2D eigenvalue weighted by Crippen LogP contribution is -2.42. The van der Waals surface area contributed by atoms with E-state index < -0.39 is 10.8 Å². The van der Waals surface area contributed by atoms with Gasteiger partial charge in [-0.25, -0.2) is 0 Å². The molecule has 0 fully saturated rings. The predicted molar refractivity (Wildman–Crippen MR) is 514 cm³/mol. The van der Waals surface area contributed by atoms with Gasteiger partial charge in [0.1, 0.15) is 37.8 Å². The SMILES string of the molecule is CCCCCCCCCCCCOCC1(COCCCCCCCCCCCC)COc2csc(-c3ccc(-c4nnc(-c5ccc(-c6scc7c6OCC(COCCCCCCCCCCCC)(COCCCCCCCCCCCC)CO7)s5)c5cc6c(cc45)C(=O)N(CC(CCCCCCCC)CCCCCCCCCC)C6=O)s3)c2OC1. The van der Waals surface area contributed by atoms with Gasteiger partial charge >= 0.3 is 0 Å². The maximum Gasteiger partial charge on any atom is 0.261 e. The lowest BCUT2D eigenvalue weighted by atomic mass is 9.92. The minimum absolute atomic E-state index is 0.214. The molecule has 3 aliphatic heterocycles. The number of amides is 2. The average Bonchev–Trinajstić information content (AvgIpc) is 1.61. The number of imide groups is 1. The van der Waals surface area contributed by atoms with Crippen molar-refractivity contribution in [2.24, 2.45) is 16.7 Å². The van der Waals surface area contributed by atoms with Crippen LogP contribution in [0.2, 0.25) is 0 Å². The lowest BCUT2D eigenvalue weighted by molar-refractivity contribution is -0.0606. The van der Waals surface area contributed by atoms with Gasteiger partial charge in [-0.15, -0.1) is 55.5 Å². The summed E-state index contributed by atoms with van der Waals surface area (Å²) >= 11 is 6.53. The van der Waals surface area contributed by atoms with E-state index in [-0.39, 0.29) is 17.7 Å². The number of nitrogens with zero attached hydrogens (tertiary/aromatic N) is 3. The van der Waals surface area contributed by atoms with Crippen molar-refractivity contribution in [3.8, 4) is 63.6 Å². The van der Waals surface area contributed by atoms with Crippen molar-refractivity contribution in [3.05, 3.63) is 58.3 Å². The predicted octanol–water partition coefficient (Wildman–Crippen LogP) is 32.3. The van der Waals surface area contributed by atoms with E-state index >= 15 is 9.59 Å². The van der Waals surface area contributed by atoms with Crippen molar-refractivity contribution in [1.29, 1.82) is 0 Å². The zero-order chi connectivity index (χ0) is 84.9. The number of benzene rings is 1. The van der Waals surface area contributed by atoms with Gasteiger partial charge in [0.2, 0.25) is 0 Å². The molecule has 0 radical (unpaired) electrons. The topological polar surface area (TPSA) is 137 Å². The quantitative estimate of drug-likeness (QED) is 0.0265. The van der Waals surface area contributed by atoms with E-state index in [1.807, 2.05) is 12.1 Å². The van der Waals surface area contributed by atoms with Crippen LogP contribution in [0, 0.1) is 16.7 Å². The Morgan fingerprint density at radius 3 is 0.884 bits per heavy atom. The molecule has 0 saturated heterocycles. The van der Waals surface area contributed by atoms with Gasteiger partial charge in [-0.05, 0) is 80.8 Å². The highest BCUT2D eigenvalue weighted by atomic mass is 32.1. The number of thiophene rings is 4. The van der Waals surface area contributed by atoms with Crippen LogP contribution in [0.3, 0.4) is 0 Å². The van der Waals surface area contributed by atoms with Gasteiger partial charge in [-0.2, -0.15) is 0 Å². The Bertz CT molecular complexity index is 3460. The van der Waals surface area contributed by atoms with Gasteiger partial charge in [0.05, 0.1) is 67.9 Å². The molecular formula is C104H165N3O10S4. The molecule has 8 heterocycles. The molecule has 1 unspecified atom stereocenters. The molecule has 17 heteroatoms. The zero-order valence-electron chi connectivity index (χ0n) is 77.0. The summed E-state index contributed by atoms with van der Waals surface area (Å²) in [6.45, 7) is 20.7. The van der Waals surface area contributed by atoms with Gasteiger partial charge in [0.25, 0.3) is 11.8 Å². The van der Waals surface area contributed by atoms with Crippen LogP contribution in [0.1, 0.15) is 422 Å². The molecule has 0 N–H and O–H groups in total. The molecule has 3 aliphatic rings. The normalized spacial score (nSPS) is 14.6. The average molecular weight is 1750 g/mol. The monoisotopic (exact) mass is 1740 g/mol. The highest BCUT2D eigenvalue weighted by Crippen LogP contribution is 2.53. The summed E-state index contributed by atoms with van der Waals surface area (Å²) in [4.78, 5) is 37.9. The minimum atomic E-state index is -0.484. The zero-order valence-corrected chi connectivity index (χ0v) is 80.3. The molecular weight excluding hydrogens is 1580 g/mol. The van der Waals surface area contributed by atoms with Crippen LogP contribution in [0.5, 0.6) is 23.0 Å². The van der Waals surface area contributed by atoms with Gasteiger partial charge < -0.3 is 37.9 Å². The fourth-order valence-electron chi connectivity index (χ4n) is 17.8. The maximum absolute atomic E-state index is 15.2. The van der Waals surface area contributed by atoms with E-state index in [0.29, 0.717) is 108 Å². The summed E-state index contributed by atoms with van der Waals surface area (Å²) in [5.41, 5.74) is 1.24. The van der Waals surface area contributed by atoms with Crippen LogP contribution in [0.15, 0.2) is 47.2 Å². The van der Waals surface area contributed by atoms with Gasteiger partial charge in [-0.3, -0.25) is 14.5 Å². The standard InChI is InChI=1S/C104H165N3O10S4/c1-7-13-19-25-31-36-40-45-51-57-67-110-76-103(77-111-68-58-52-46-41-37-32-26-20-14-8-2)80-114-89-74-118-99(97(89)116-82-103)93-65-63-91(120-93)95-85-71-87-88(102(109)107(101(87)108)73-84(61-55-49-30-24-18-12-6)62-56-50-44-35-29-23-17-11-5)72-86(85)96(106-105-95)92-64-66-94(121-92)100-98-90(75-119-100)115-81-104(83-117-98,78-112-69-59-53-47-42-38-33-27-21-15-9-3)79-113-70-60-54-48-43-39-34-28-22-16-10-4/h63-66,71-72,74-75,84H,7-62,67-70,73,76-83H2,1-6H3. The number of unbranched alkanes of at least 4 members (excludes halogenated alkanes) is 48. The molecule has 5 aromatic heterocycles. The Balaban J connectivity index is 0.945. The van der Waals surface area contributed by atoms with E-state index in [4.69, 9.17) is 48.1 Å². The number of hydrogen-bond donors (Lipinski definition) is 0. The minimum Gasteiger partial charge on any atom is -0.488 e. The first-order valence-corrected chi connectivity index (χ1v) is 53.5. The van der Waals surface area contributed by atoms with Crippen LogP contribution in [-0.2, 0) is 18.9 Å². The largest absolute Gasteiger partial charge is 0.488 e. The Kier molecular flexibility index (Phi) is 50.0. The molecule has 680 valence electrons. The van der Waals surface area contributed by atoms with Crippen molar-refractivity contribution < 1.29 is 47.5 Å². The summed E-state index contributed by atoms with van der Waals surface area (Å²) in [5.74, 6) is 2.79. The van der Waals surface area contributed by atoms with E-state index in [0.717, 1.165) is 114 Å². The highest BCUT2D eigenvalue weighted by Gasteiger charge is 2.42. The van der Waals surface area contributed by atoms with Gasteiger partial charge in [-0.1, -0.05) is 363 Å². The first-order chi connectivity index (χ1) is 59.7. The molecule has 9 rings (SSSR count). The third-order valence-corrected chi connectivity index (χ3v) is 30.0. The van der Waals surface area contributed by atoms with E-state index in [9.17, 15) is 0 Å². The molecule has 6 aromatic rings. The Hall–Kier alpha value is -4.46. The lowest BCUT2D eigenvalue weighted by Gasteiger charge is -2.30. The van der Waals surface area contributed by atoms with Crippen LogP contribution in [0.4, 0.5) is 0 Å². The summed E-state index contributed by atoms with van der Waals surface area (Å²) in [6.07, 6.45) is 70.7. The number of carbonyl (C=O) groups excluding carboxylic acids is 2. The molecule has 2 amide bonds. The number of fused-ring (bicyclic) bond motifs is 4. The maximum atomic E-state index is 15.2. The third-order valence-electron chi connectivity index (χ3n) is 25.6. The van der Waals surface area contributed by atoms with Crippen molar-refractivity contribution in [2.45, 2.75) is 401 Å². The Morgan fingerprint density at radius 1 is 0.339 bits per heavy atom. The van der Waals surface area contributed by atoms with E-state index in [2.05, 4.69) is 76.6 Å². The molecule has 0 aliphatic carbocycles. The fraction of sp³-hybridized carbons (Fsp3) is 0.750. The summed E-state index contributed by atoms with van der Waals surface area (Å²) in [7, 11) is 0. The molecule has 0 spiro atoms. The molecule has 0 saturated carbocycles. The summed E-state index contributed by atoms with van der Waals surface area (Å²) in [6, 6.07) is 12.5. The van der Waals surface area contributed by atoms with Crippen LogP contribution in [-0.4, -0.2) is 113 Å². The van der Waals surface area contributed by atoms with Gasteiger partial charge in [0, 0.05) is 64.3 Å². The number of hydrogen-bond acceptors (Lipinski definition) is 16. The summed E-state index contributed by atoms with van der Waals surface area (Å²) in [5, 5.41) is 16.1. The number of rotatable bonds is 74. The number of ether oxygens (including phenoxy) is 8. The van der Waals surface area contributed by atoms with E-state index in [1.165, 1.54) is 308 Å². The highest BCUT2D eigenvalue weighted by molar-refractivity contribution is 7.24. The van der Waals surface area contributed by atoms with Crippen molar-refractivity contribution in [2.75, 3.05) is 85.8 Å². The van der Waals surface area contributed by atoms with Crippen molar-refractivity contribution in [1.82, 2.24) is 15.1 Å². The molecule has 0 bridgehead atoms. The molecule has 121 heavy (non-hydrogen) atoms. The Morgan fingerprint density at radius 2 is 0.595 bits per heavy atom. The van der Waals surface area contributed by atoms with E-state index in [1.54, 1.807) is 50.2 Å². The molecule has 13 nitrogen and oxygen atoms in total. The van der Waals surface area contributed by atoms with Crippen molar-refractivity contribution >= 4 is 67.9 Å². The van der Waals surface area contributed by atoms with Crippen LogP contribution < -0.4 is 18.9 Å². The number of aromatic nitrogens is 2. The second-order valence-electron chi connectivity index (χ2n) is 36.7. The summed E-state index contributed by atoms with van der Waals surface area (Å²) < 4.78 is 54.1. The van der Waals surface area contributed by atoms with Gasteiger partial charge in [0.15, 0.2) is 23.0 Å².